The Balaban J connectivity index is 4.04. The van der Waals surface area contributed by atoms with Crippen LogP contribution in [0.3, 0.4) is 0 Å². The van der Waals surface area contributed by atoms with Crippen LogP contribution in [0.2, 0.25) is 0 Å². The summed E-state index contributed by atoms with van der Waals surface area (Å²) in [7, 11) is 0. The number of carbonyl (C=O) groups is 3. The number of rotatable bonds is 54. The van der Waals surface area contributed by atoms with E-state index in [1.165, 1.54) is 231 Å². The third-order valence-electron chi connectivity index (χ3n) is 13.3. The van der Waals surface area contributed by atoms with Crippen LogP contribution in [0.1, 0.15) is 329 Å². The minimum atomic E-state index is -0.761. The Kier molecular flexibility index (Phi) is 53.2. The number of ether oxygens (including phenoxy) is 3. The minimum absolute atomic E-state index is 0.0640. The van der Waals surface area contributed by atoms with Gasteiger partial charge < -0.3 is 14.2 Å². The average molecular weight is 918 g/mol. The molecule has 0 fully saturated rings. The molecule has 0 aliphatic rings. The van der Waals surface area contributed by atoms with Crippen LogP contribution >= 0.6 is 0 Å². The van der Waals surface area contributed by atoms with E-state index in [4.69, 9.17) is 14.2 Å². The highest BCUT2D eigenvalue weighted by molar-refractivity contribution is 5.71. The smallest absolute Gasteiger partial charge is 0.306 e. The largest absolute Gasteiger partial charge is 0.462 e. The van der Waals surface area contributed by atoms with Crippen molar-refractivity contribution in [1.29, 1.82) is 0 Å². The van der Waals surface area contributed by atoms with Gasteiger partial charge in [-0.2, -0.15) is 0 Å². The van der Waals surface area contributed by atoms with E-state index in [1.54, 1.807) is 0 Å². The Hall–Kier alpha value is -1.85. The van der Waals surface area contributed by atoms with Crippen LogP contribution in [0.15, 0.2) is 12.2 Å². The highest BCUT2D eigenvalue weighted by Crippen LogP contribution is 2.17. The maximum absolute atomic E-state index is 12.8. The van der Waals surface area contributed by atoms with Crippen LogP contribution in [-0.4, -0.2) is 37.2 Å². The number of hydrogen-bond acceptors (Lipinski definition) is 6. The van der Waals surface area contributed by atoms with Crippen molar-refractivity contribution >= 4 is 17.9 Å². The lowest BCUT2D eigenvalue weighted by Gasteiger charge is -2.18. The van der Waals surface area contributed by atoms with E-state index in [1.807, 2.05) is 0 Å². The zero-order valence-corrected chi connectivity index (χ0v) is 44.0. The molecular formula is C59H112O6. The monoisotopic (exact) mass is 917 g/mol. The van der Waals surface area contributed by atoms with Crippen LogP contribution in [-0.2, 0) is 28.6 Å². The molecule has 0 rings (SSSR count). The minimum Gasteiger partial charge on any atom is -0.462 e. The van der Waals surface area contributed by atoms with Crippen LogP contribution < -0.4 is 0 Å². The summed E-state index contributed by atoms with van der Waals surface area (Å²) >= 11 is 0. The third kappa shape index (κ3) is 53.0. The van der Waals surface area contributed by atoms with E-state index in [2.05, 4.69) is 32.9 Å². The van der Waals surface area contributed by atoms with Crippen molar-refractivity contribution in [3.8, 4) is 0 Å². The molecule has 65 heavy (non-hydrogen) atoms. The molecule has 0 heterocycles. The van der Waals surface area contributed by atoms with Crippen molar-refractivity contribution < 1.29 is 28.6 Å². The predicted molar refractivity (Wildman–Crippen MR) is 280 cm³/mol. The van der Waals surface area contributed by atoms with Crippen molar-refractivity contribution in [2.45, 2.75) is 335 Å². The molecule has 0 aliphatic carbocycles. The van der Waals surface area contributed by atoms with Gasteiger partial charge in [0, 0.05) is 19.3 Å². The number of esters is 3. The Morgan fingerprint density at radius 1 is 0.292 bits per heavy atom. The fraction of sp³-hybridized carbons (Fsp3) is 0.915. The highest BCUT2D eigenvalue weighted by atomic mass is 16.6. The van der Waals surface area contributed by atoms with Crippen molar-refractivity contribution in [2.75, 3.05) is 13.2 Å². The maximum Gasteiger partial charge on any atom is 0.306 e. The van der Waals surface area contributed by atoms with E-state index >= 15 is 0 Å². The Morgan fingerprint density at radius 2 is 0.508 bits per heavy atom. The summed E-state index contributed by atoms with van der Waals surface area (Å²) in [6.07, 6.45) is 62.3. The number of carbonyl (C=O) groups excluding carboxylic acids is 3. The van der Waals surface area contributed by atoms with Gasteiger partial charge in [0.2, 0.25) is 0 Å². The summed E-state index contributed by atoms with van der Waals surface area (Å²) in [4.78, 5) is 37.9. The van der Waals surface area contributed by atoms with Crippen molar-refractivity contribution in [1.82, 2.24) is 0 Å². The maximum atomic E-state index is 12.8. The Morgan fingerprint density at radius 3 is 0.769 bits per heavy atom. The topological polar surface area (TPSA) is 78.9 Å². The van der Waals surface area contributed by atoms with Gasteiger partial charge in [-0.25, -0.2) is 0 Å². The summed E-state index contributed by atoms with van der Waals surface area (Å²) in [6.45, 7) is 6.66. The summed E-state index contributed by atoms with van der Waals surface area (Å²) in [5.74, 6) is -0.848. The Labute approximate surface area is 405 Å². The molecule has 0 radical (unpaired) electrons. The van der Waals surface area contributed by atoms with Gasteiger partial charge in [-0.1, -0.05) is 277 Å². The van der Waals surface area contributed by atoms with Gasteiger partial charge in [-0.3, -0.25) is 14.4 Å². The van der Waals surface area contributed by atoms with Crippen LogP contribution in [0, 0.1) is 0 Å². The van der Waals surface area contributed by atoms with E-state index < -0.39 is 6.10 Å². The molecule has 0 bridgehead atoms. The van der Waals surface area contributed by atoms with Gasteiger partial charge in [-0.15, -0.1) is 0 Å². The zero-order valence-electron chi connectivity index (χ0n) is 44.0. The lowest BCUT2D eigenvalue weighted by atomic mass is 10.0. The van der Waals surface area contributed by atoms with Gasteiger partial charge in [0.1, 0.15) is 13.2 Å². The van der Waals surface area contributed by atoms with E-state index in [0.717, 1.165) is 57.8 Å². The molecule has 0 aromatic heterocycles. The van der Waals surface area contributed by atoms with Crippen LogP contribution in [0.25, 0.3) is 0 Å². The molecule has 0 aromatic rings. The van der Waals surface area contributed by atoms with Crippen LogP contribution in [0.5, 0.6) is 0 Å². The predicted octanol–water partition coefficient (Wildman–Crippen LogP) is 19.3. The fourth-order valence-electron chi connectivity index (χ4n) is 8.85. The molecule has 6 nitrogen and oxygen atoms in total. The van der Waals surface area contributed by atoms with Crippen LogP contribution in [0.4, 0.5) is 0 Å². The first-order valence-electron chi connectivity index (χ1n) is 29.2. The number of unbranched alkanes of at least 4 members (excludes halogenated alkanes) is 41. The lowest BCUT2D eigenvalue weighted by molar-refractivity contribution is -0.167. The first-order valence-corrected chi connectivity index (χ1v) is 29.2. The van der Waals surface area contributed by atoms with Crippen molar-refractivity contribution in [3.05, 3.63) is 12.2 Å². The summed E-state index contributed by atoms with van der Waals surface area (Å²) in [6, 6.07) is 0. The lowest BCUT2D eigenvalue weighted by Crippen LogP contribution is -2.30. The van der Waals surface area contributed by atoms with Gasteiger partial charge in [0.15, 0.2) is 6.10 Å². The molecule has 0 N–H and O–H groups in total. The van der Waals surface area contributed by atoms with Gasteiger partial charge in [0.05, 0.1) is 0 Å². The molecule has 0 saturated carbocycles. The first kappa shape index (κ1) is 63.1. The molecule has 1 unspecified atom stereocenters. The fourth-order valence-corrected chi connectivity index (χ4v) is 8.85. The molecule has 0 saturated heterocycles. The second-order valence-corrected chi connectivity index (χ2v) is 19.9. The van der Waals surface area contributed by atoms with Gasteiger partial charge in [0.25, 0.3) is 0 Å². The highest BCUT2D eigenvalue weighted by Gasteiger charge is 2.19. The molecule has 0 spiro atoms. The molecule has 6 heteroatoms. The van der Waals surface area contributed by atoms with E-state index in [-0.39, 0.29) is 31.1 Å². The standard InChI is InChI=1S/C59H112O6/c1-4-7-10-13-16-19-21-22-23-24-25-26-27-28-29-30-31-32-33-34-35-36-38-40-43-46-49-52-58(61)64-55-56(54-63-57(60)51-48-45-42-39-18-15-12-9-6-3)65-59(62)53-50-47-44-41-37-20-17-14-11-8-5-2/h24-25,56H,4-23,26-55H2,1-3H3/b25-24-. The molecule has 1 atom stereocenters. The Bertz CT molecular complexity index is 1010. The third-order valence-corrected chi connectivity index (χ3v) is 13.3. The van der Waals surface area contributed by atoms with Gasteiger partial charge >= 0.3 is 17.9 Å². The molecule has 0 aromatic carbocycles. The normalized spacial score (nSPS) is 12.0. The van der Waals surface area contributed by atoms with Crippen molar-refractivity contribution in [3.63, 3.8) is 0 Å². The quantitative estimate of drug-likeness (QED) is 0.0262. The van der Waals surface area contributed by atoms with E-state index in [9.17, 15) is 14.4 Å². The second kappa shape index (κ2) is 54.8. The molecule has 0 amide bonds. The van der Waals surface area contributed by atoms with Gasteiger partial charge in [-0.05, 0) is 44.9 Å². The first-order chi connectivity index (χ1) is 32.0. The SMILES string of the molecule is CCCCCCCCCC/C=C\CCCCCCCCCCCCCCCCCC(=O)OCC(COC(=O)CCCCCCCCCCC)OC(=O)CCCCCCCCCCCCC. The zero-order chi connectivity index (χ0) is 47.2. The van der Waals surface area contributed by atoms with E-state index in [0.29, 0.717) is 19.3 Å². The number of hydrogen-bond donors (Lipinski definition) is 0. The summed E-state index contributed by atoms with van der Waals surface area (Å²) in [5.41, 5.74) is 0. The number of allylic oxidation sites excluding steroid dienone is 2. The summed E-state index contributed by atoms with van der Waals surface area (Å²) < 4.78 is 16.8. The second-order valence-electron chi connectivity index (χ2n) is 19.9. The average Bonchev–Trinajstić information content (AvgIpc) is 3.30. The molecular weight excluding hydrogens is 805 g/mol. The summed E-state index contributed by atoms with van der Waals surface area (Å²) in [5, 5.41) is 0. The van der Waals surface area contributed by atoms with Crippen molar-refractivity contribution in [2.24, 2.45) is 0 Å². The molecule has 384 valence electrons. The molecule has 0 aliphatic heterocycles.